The van der Waals surface area contributed by atoms with Crippen LogP contribution in [0.1, 0.15) is 22.6 Å². The van der Waals surface area contributed by atoms with E-state index < -0.39 is 0 Å². The number of oxazole rings is 1. The normalized spacial score (nSPS) is 10.2. The van der Waals surface area contributed by atoms with Crippen molar-refractivity contribution in [3.63, 3.8) is 0 Å². The fraction of sp³-hybridized carbons (Fsp3) is 0.267. The maximum absolute atomic E-state index is 13.5. The van der Waals surface area contributed by atoms with E-state index in [4.69, 9.17) is 10.2 Å². The van der Waals surface area contributed by atoms with Gasteiger partial charge in [-0.05, 0) is 31.5 Å². The molecule has 0 fully saturated rings. The van der Waals surface area contributed by atoms with Crippen molar-refractivity contribution in [2.75, 3.05) is 6.54 Å². The molecule has 3 nitrogen and oxygen atoms in total. The predicted octanol–water partition coefficient (Wildman–Crippen LogP) is 3.03. The minimum atomic E-state index is -0.331. The summed E-state index contributed by atoms with van der Waals surface area (Å²) in [5, 5.41) is 0.624. The molecule has 0 spiro atoms. The lowest BCUT2D eigenvalue weighted by atomic mass is 10.1. The number of hydrogen-bond donors (Lipinski definition) is 1. The second-order valence-corrected chi connectivity index (χ2v) is 5.16. The zero-order valence-electron chi connectivity index (χ0n) is 11.4. The first-order chi connectivity index (χ1) is 9.60. The van der Waals surface area contributed by atoms with Gasteiger partial charge in [0.25, 0.3) is 5.22 Å². The number of aromatic nitrogens is 1. The number of aryl methyl sites for hydroxylation is 2. The molecule has 2 rings (SSSR count). The van der Waals surface area contributed by atoms with Crippen LogP contribution in [0.25, 0.3) is 0 Å². The maximum Gasteiger partial charge on any atom is 0.256 e. The van der Waals surface area contributed by atoms with Gasteiger partial charge in [0.05, 0.1) is 17.8 Å². The molecule has 0 bridgehead atoms. The van der Waals surface area contributed by atoms with Gasteiger partial charge in [0.15, 0.2) is 0 Å². The van der Waals surface area contributed by atoms with Crippen molar-refractivity contribution in [1.29, 1.82) is 0 Å². The fourth-order valence-electron chi connectivity index (χ4n) is 1.55. The molecule has 0 aliphatic carbocycles. The van der Waals surface area contributed by atoms with E-state index in [2.05, 4.69) is 16.8 Å². The van der Waals surface area contributed by atoms with Crippen LogP contribution in [0, 0.1) is 31.5 Å². The van der Waals surface area contributed by atoms with Gasteiger partial charge in [0.2, 0.25) is 0 Å². The first-order valence-electron chi connectivity index (χ1n) is 6.14. The third kappa shape index (κ3) is 3.62. The summed E-state index contributed by atoms with van der Waals surface area (Å²) in [6.45, 7) is 4.00. The Morgan fingerprint density at radius 3 is 2.85 bits per heavy atom. The average molecular weight is 290 g/mol. The van der Waals surface area contributed by atoms with Crippen LogP contribution in [0.3, 0.4) is 0 Å². The van der Waals surface area contributed by atoms with E-state index in [1.54, 1.807) is 12.1 Å². The number of nitrogens with zero attached hydrogens (tertiary/aromatic N) is 1. The van der Waals surface area contributed by atoms with E-state index >= 15 is 0 Å². The number of halogens is 1. The summed E-state index contributed by atoms with van der Waals surface area (Å²) in [6, 6.07) is 4.88. The quantitative estimate of drug-likeness (QED) is 0.697. The SMILES string of the molecule is Cc1nc(SCc2ccc(F)c(C#CCN)c2)oc1C. The van der Waals surface area contributed by atoms with Gasteiger partial charge in [-0.25, -0.2) is 9.37 Å². The van der Waals surface area contributed by atoms with Crippen LogP contribution in [0.2, 0.25) is 0 Å². The van der Waals surface area contributed by atoms with Crippen LogP contribution < -0.4 is 5.73 Å². The molecule has 104 valence electrons. The van der Waals surface area contributed by atoms with E-state index in [1.165, 1.54) is 17.8 Å². The van der Waals surface area contributed by atoms with Crippen molar-refractivity contribution in [1.82, 2.24) is 4.98 Å². The first-order valence-corrected chi connectivity index (χ1v) is 7.13. The van der Waals surface area contributed by atoms with E-state index in [-0.39, 0.29) is 12.4 Å². The van der Waals surface area contributed by atoms with Crippen molar-refractivity contribution < 1.29 is 8.81 Å². The summed E-state index contributed by atoms with van der Waals surface area (Å²) in [4.78, 5) is 4.29. The van der Waals surface area contributed by atoms with Crippen molar-refractivity contribution in [2.24, 2.45) is 5.73 Å². The molecular formula is C15H15FN2OS. The monoisotopic (exact) mass is 290 g/mol. The van der Waals surface area contributed by atoms with E-state index in [0.717, 1.165) is 17.0 Å². The Labute approximate surface area is 121 Å². The third-order valence-corrected chi connectivity index (χ3v) is 3.63. The van der Waals surface area contributed by atoms with Gasteiger partial charge in [0, 0.05) is 5.75 Å². The molecule has 5 heteroatoms. The van der Waals surface area contributed by atoms with Gasteiger partial charge >= 0.3 is 0 Å². The van der Waals surface area contributed by atoms with E-state index in [9.17, 15) is 4.39 Å². The molecule has 2 aromatic rings. The molecule has 0 atom stereocenters. The first kappa shape index (κ1) is 14.6. The Hall–Kier alpha value is -1.77. The summed E-state index contributed by atoms with van der Waals surface area (Å²) in [5.74, 6) is 6.52. The fourth-order valence-corrected chi connectivity index (χ4v) is 2.41. The van der Waals surface area contributed by atoms with Crippen LogP contribution in [-0.2, 0) is 5.75 Å². The van der Waals surface area contributed by atoms with E-state index in [1.807, 2.05) is 13.8 Å². The van der Waals surface area contributed by atoms with Crippen molar-refractivity contribution in [3.8, 4) is 11.8 Å². The Kier molecular flexibility index (Phi) is 4.83. The number of benzene rings is 1. The van der Waals surface area contributed by atoms with Gasteiger partial charge in [-0.1, -0.05) is 29.7 Å². The Bertz CT molecular complexity index is 651. The van der Waals surface area contributed by atoms with Crippen molar-refractivity contribution in [3.05, 3.63) is 46.6 Å². The van der Waals surface area contributed by atoms with Crippen LogP contribution in [0.15, 0.2) is 27.8 Å². The third-order valence-electron chi connectivity index (χ3n) is 2.73. The molecule has 0 amide bonds. The van der Waals surface area contributed by atoms with Crippen LogP contribution in [0.4, 0.5) is 4.39 Å². The number of thioether (sulfide) groups is 1. The molecule has 0 saturated heterocycles. The number of rotatable bonds is 3. The van der Waals surface area contributed by atoms with Crippen LogP contribution >= 0.6 is 11.8 Å². The minimum Gasteiger partial charge on any atom is -0.437 e. The van der Waals surface area contributed by atoms with Gasteiger partial charge in [-0.2, -0.15) is 0 Å². The highest BCUT2D eigenvalue weighted by atomic mass is 32.2. The maximum atomic E-state index is 13.5. The van der Waals surface area contributed by atoms with Crippen molar-refractivity contribution >= 4 is 11.8 Å². The molecule has 0 aliphatic heterocycles. The Morgan fingerprint density at radius 2 is 2.20 bits per heavy atom. The smallest absolute Gasteiger partial charge is 0.256 e. The number of hydrogen-bond acceptors (Lipinski definition) is 4. The summed E-state index contributed by atoms with van der Waals surface area (Å²) in [5.41, 5.74) is 7.52. The van der Waals surface area contributed by atoms with Gasteiger partial charge in [-0.15, -0.1) is 0 Å². The molecule has 0 saturated carbocycles. The van der Waals surface area contributed by atoms with Crippen LogP contribution in [0.5, 0.6) is 0 Å². The zero-order chi connectivity index (χ0) is 14.5. The minimum absolute atomic E-state index is 0.216. The number of nitrogens with two attached hydrogens (primary N) is 1. The Balaban J connectivity index is 2.09. The second kappa shape index (κ2) is 6.60. The van der Waals surface area contributed by atoms with Gasteiger partial charge in [-0.3, -0.25) is 0 Å². The molecule has 1 aromatic heterocycles. The lowest BCUT2D eigenvalue weighted by Gasteiger charge is -2.01. The zero-order valence-corrected chi connectivity index (χ0v) is 12.2. The van der Waals surface area contributed by atoms with Gasteiger partial charge < -0.3 is 10.2 Å². The average Bonchev–Trinajstić information content (AvgIpc) is 2.75. The molecule has 0 unspecified atom stereocenters. The lowest BCUT2D eigenvalue weighted by molar-refractivity contribution is 0.431. The molecule has 0 aliphatic rings. The highest BCUT2D eigenvalue weighted by Crippen LogP contribution is 2.24. The predicted molar refractivity (Wildman–Crippen MR) is 77.9 cm³/mol. The molecule has 1 heterocycles. The highest BCUT2D eigenvalue weighted by Gasteiger charge is 2.07. The molecule has 20 heavy (non-hydrogen) atoms. The Morgan fingerprint density at radius 1 is 1.40 bits per heavy atom. The molecule has 0 radical (unpaired) electrons. The summed E-state index contributed by atoms with van der Waals surface area (Å²) in [6.07, 6.45) is 0. The second-order valence-electron chi connectivity index (χ2n) is 4.23. The summed E-state index contributed by atoms with van der Waals surface area (Å²) < 4.78 is 19.0. The van der Waals surface area contributed by atoms with Gasteiger partial charge in [0.1, 0.15) is 11.6 Å². The molecular weight excluding hydrogens is 275 g/mol. The lowest BCUT2D eigenvalue weighted by Crippen LogP contribution is -1.94. The topological polar surface area (TPSA) is 52.0 Å². The standard InChI is InChI=1S/C15H15FN2OS/c1-10-11(2)19-15(18-10)20-9-12-5-6-14(16)13(8-12)4-3-7-17/h5-6,8H,7,9,17H2,1-2H3. The molecule has 2 N–H and O–H groups in total. The van der Waals surface area contributed by atoms with E-state index in [0.29, 0.717) is 16.5 Å². The highest BCUT2D eigenvalue weighted by molar-refractivity contribution is 7.98. The molecule has 1 aromatic carbocycles. The summed E-state index contributed by atoms with van der Waals surface area (Å²) in [7, 11) is 0. The van der Waals surface area contributed by atoms with Crippen LogP contribution in [-0.4, -0.2) is 11.5 Å². The van der Waals surface area contributed by atoms with Crippen molar-refractivity contribution in [2.45, 2.75) is 24.8 Å². The largest absolute Gasteiger partial charge is 0.437 e. The summed E-state index contributed by atoms with van der Waals surface area (Å²) >= 11 is 1.47.